The van der Waals surface area contributed by atoms with E-state index in [1.807, 2.05) is 0 Å². The van der Waals surface area contributed by atoms with Crippen molar-refractivity contribution in [3.05, 3.63) is 0 Å². The Labute approximate surface area is 94.8 Å². The van der Waals surface area contributed by atoms with Gasteiger partial charge in [0.15, 0.2) is 0 Å². The largest absolute Gasteiger partial charge is 0.299 e. The van der Waals surface area contributed by atoms with Crippen LogP contribution in [0.15, 0.2) is 0 Å². The van der Waals surface area contributed by atoms with E-state index in [9.17, 15) is 9.59 Å². The van der Waals surface area contributed by atoms with Crippen molar-refractivity contribution < 1.29 is 9.59 Å². The van der Waals surface area contributed by atoms with E-state index >= 15 is 0 Å². The van der Waals surface area contributed by atoms with Crippen LogP contribution in [0.2, 0.25) is 0 Å². The van der Waals surface area contributed by atoms with Crippen LogP contribution in [-0.2, 0) is 9.59 Å². The number of Topliss-reactive ketones (excluding diaryl/α,β-unsaturated/α-hetero) is 2. The predicted octanol–water partition coefficient (Wildman–Crippen LogP) is 1.68. The highest BCUT2D eigenvalue weighted by molar-refractivity contribution is 5.92. The first-order chi connectivity index (χ1) is 7.75. The van der Waals surface area contributed by atoms with Gasteiger partial charge < -0.3 is 0 Å². The molecule has 0 heterocycles. The Balaban J connectivity index is 1.74. The summed E-state index contributed by atoms with van der Waals surface area (Å²) >= 11 is 0. The lowest BCUT2D eigenvalue weighted by Crippen LogP contribution is -2.68. The van der Waals surface area contributed by atoms with Gasteiger partial charge in [0.1, 0.15) is 11.6 Å². The lowest BCUT2D eigenvalue weighted by Gasteiger charge is -2.67. The minimum absolute atomic E-state index is 0.353. The van der Waals surface area contributed by atoms with Crippen molar-refractivity contribution in [3.8, 4) is 0 Å². The monoisotopic (exact) mass is 216 g/mol. The molecule has 0 radical (unpaired) electrons. The second kappa shape index (κ2) is 2.30. The van der Waals surface area contributed by atoms with Gasteiger partial charge >= 0.3 is 0 Å². The number of carbonyl (C=O) groups excluding carboxylic acids is 2. The third-order valence-corrected chi connectivity index (χ3v) is 6.63. The minimum Gasteiger partial charge on any atom is -0.299 e. The molecule has 7 rings (SSSR count). The second-order valence-electron chi connectivity index (χ2n) is 6.85. The van der Waals surface area contributed by atoms with Crippen molar-refractivity contribution in [3.63, 3.8) is 0 Å². The molecule has 4 unspecified atom stereocenters. The fourth-order valence-electron chi connectivity index (χ4n) is 6.35. The van der Waals surface area contributed by atoms with Crippen LogP contribution in [0.3, 0.4) is 0 Å². The molecule has 16 heavy (non-hydrogen) atoms. The molecule has 0 N–H and O–H groups in total. The van der Waals surface area contributed by atoms with Crippen molar-refractivity contribution in [2.24, 2.45) is 47.3 Å². The Morgan fingerprint density at radius 3 is 1.25 bits per heavy atom. The van der Waals surface area contributed by atoms with Gasteiger partial charge in [-0.3, -0.25) is 9.59 Å². The summed E-state index contributed by atoms with van der Waals surface area (Å²) in [4.78, 5) is 24.6. The van der Waals surface area contributed by atoms with E-state index in [0.717, 1.165) is 25.7 Å². The van der Waals surface area contributed by atoms with Gasteiger partial charge in [-0.25, -0.2) is 0 Å². The Morgan fingerprint density at radius 2 is 0.938 bits per heavy atom. The third-order valence-electron chi connectivity index (χ3n) is 6.63. The van der Waals surface area contributed by atoms with Crippen molar-refractivity contribution in [1.29, 1.82) is 0 Å². The van der Waals surface area contributed by atoms with Crippen molar-refractivity contribution in [2.75, 3.05) is 0 Å². The highest BCUT2D eigenvalue weighted by Crippen LogP contribution is 2.68. The SMILES string of the molecule is O=C1C2CC3C4CC5CC(C(C2)C3C5=O)C14. The lowest BCUT2D eigenvalue weighted by atomic mass is 9.35. The summed E-state index contributed by atoms with van der Waals surface area (Å²) in [5, 5.41) is 0. The average Bonchev–Trinajstić information content (AvgIpc) is 2.30. The molecule has 7 aliphatic carbocycles. The second-order valence-corrected chi connectivity index (χ2v) is 6.85. The molecule has 0 spiro atoms. The van der Waals surface area contributed by atoms with Gasteiger partial charge in [-0.2, -0.15) is 0 Å². The third kappa shape index (κ3) is 0.663. The molecule has 0 aromatic rings. The van der Waals surface area contributed by atoms with E-state index < -0.39 is 0 Å². The summed E-state index contributed by atoms with van der Waals surface area (Å²) in [6.07, 6.45) is 4.25. The first kappa shape index (κ1) is 8.43. The Kier molecular flexibility index (Phi) is 1.21. The Bertz CT molecular complexity index is 362. The van der Waals surface area contributed by atoms with E-state index in [4.69, 9.17) is 0 Å². The van der Waals surface area contributed by atoms with Gasteiger partial charge in [-0.1, -0.05) is 0 Å². The maximum absolute atomic E-state index is 12.3. The molecule has 84 valence electrons. The van der Waals surface area contributed by atoms with Crippen LogP contribution in [0.5, 0.6) is 0 Å². The molecule has 7 aliphatic rings. The standard InChI is InChI=1S/C14H16O2/c15-13-5-1-7-8-3-6-4-10(12(8)13)9(2-5)11(7)14(6)16/h5-12H,1-4H2. The molecule has 8 bridgehead atoms. The molecular formula is C14H16O2. The number of hydrogen-bond donors (Lipinski definition) is 0. The van der Waals surface area contributed by atoms with E-state index in [0.29, 0.717) is 58.9 Å². The maximum atomic E-state index is 12.3. The van der Waals surface area contributed by atoms with Crippen LogP contribution in [-0.4, -0.2) is 11.6 Å². The Hall–Kier alpha value is -0.660. The molecule has 0 amide bonds. The highest BCUT2D eigenvalue weighted by Gasteiger charge is 2.69. The zero-order chi connectivity index (χ0) is 10.6. The summed E-state index contributed by atoms with van der Waals surface area (Å²) in [5.74, 6) is 5.14. The summed E-state index contributed by atoms with van der Waals surface area (Å²) in [6, 6.07) is 0. The van der Waals surface area contributed by atoms with E-state index in [2.05, 4.69) is 0 Å². The van der Waals surface area contributed by atoms with Gasteiger partial charge in [-0.05, 0) is 49.4 Å². The van der Waals surface area contributed by atoms with Gasteiger partial charge in [0.25, 0.3) is 0 Å². The normalized spacial score (nSPS) is 64.8. The lowest BCUT2D eigenvalue weighted by molar-refractivity contribution is -0.201. The highest BCUT2D eigenvalue weighted by atomic mass is 16.1. The van der Waals surface area contributed by atoms with Crippen LogP contribution in [0.4, 0.5) is 0 Å². The molecule has 0 aliphatic heterocycles. The molecule has 7 fully saturated rings. The van der Waals surface area contributed by atoms with Crippen molar-refractivity contribution in [2.45, 2.75) is 25.7 Å². The Morgan fingerprint density at radius 1 is 0.625 bits per heavy atom. The van der Waals surface area contributed by atoms with Gasteiger partial charge in [-0.15, -0.1) is 0 Å². The van der Waals surface area contributed by atoms with Crippen LogP contribution < -0.4 is 0 Å². The topological polar surface area (TPSA) is 34.1 Å². The molecule has 0 saturated heterocycles. The summed E-state index contributed by atoms with van der Waals surface area (Å²) in [6.45, 7) is 0. The van der Waals surface area contributed by atoms with Crippen molar-refractivity contribution in [1.82, 2.24) is 0 Å². The summed E-state index contributed by atoms with van der Waals surface area (Å²) in [5.41, 5.74) is 0. The number of ketones is 2. The molecule has 2 nitrogen and oxygen atoms in total. The van der Waals surface area contributed by atoms with Crippen molar-refractivity contribution >= 4 is 11.6 Å². The molecule has 0 aromatic heterocycles. The summed E-state index contributed by atoms with van der Waals surface area (Å²) in [7, 11) is 0. The predicted molar refractivity (Wildman–Crippen MR) is 56.4 cm³/mol. The smallest absolute Gasteiger partial charge is 0.139 e. The fourth-order valence-corrected chi connectivity index (χ4v) is 6.35. The minimum atomic E-state index is 0.353. The number of rotatable bonds is 0. The zero-order valence-electron chi connectivity index (χ0n) is 9.26. The van der Waals surface area contributed by atoms with Crippen LogP contribution in [0.1, 0.15) is 25.7 Å². The molecule has 2 heteroatoms. The van der Waals surface area contributed by atoms with Crippen LogP contribution in [0.25, 0.3) is 0 Å². The average molecular weight is 216 g/mol. The van der Waals surface area contributed by atoms with E-state index in [1.165, 1.54) is 0 Å². The van der Waals surface area contributed by atoms with Gasteiger partial charge in [0.05, 0.1) is 0 Å². The van der Waals surface area contributed by atoms with E-state index in [1.54, 1.807) is 0 Å². The van der Waals surface area contributed by atoms with Gasteiger partial charge in [0.2, 0.25) is 0 Å². The van der Waals surface area contributed by atoms with Gasteiger partial charge in [0, 0.05) is 23.7 Å². The molecular weight excluding hydrogens is 200 g/mol. The first-order valence-corrected chi connectivity index (χ1v) is 6.83. The zero-order valence-corrected chi connectivity index (χ0v) is 9.26. The maximum Gasteiger partial charge on any atom is 0.139 e. The first-order valence-electron chi connectivity index (χ1n) is 6.83. The van der Waals surface area contributed by atoms with Crippen LogP contribution >= 0.6 is 0 Å². The van der Waals surface area contributed by atoms with E-state index in [-0.39, 0.29) is 0 Å². The fraction of sp³-hybridized carbons (Fsp3) is 0.857. The quantitative estimate of drug-likeness (QED) is 0.617. The number of hydrogen-bond acceptors (Lipinski definition) is 2. The molecule has 7 saturated carbocycles. The van der Waals surface area contributed by atoms with Crippen LogP contribution in [0, 0.1) is 47.3 Å². The number of carbonyl (C=O) groups is 2. The molecule has 4 atom stereocenters. The summed E-state index contributed by atoms with van der Waals surface area (Å²) < 4.78 is 0. The molecule has 0 aromatic carbocycles.